The van der Waals surface area contributed by atoms with Crippen LogP contribution in [0.25, 0.3) is 0 Å². The van der Waals surface area contributed by atoms with Crippen LogP contribution in [-0.2, 0) is 15.6 Å². The summed E-state index contributed by atoms with van der Waals surface area (Å²) in [6, 6.07) is 10.1. The van der Waals surface area contributed by atoms with Crippen LogP contribution >= 0.6 is 15.9 Å². The van der Waals surface area contributed by atoms with Crippen LogP contribution < -0.4 is 5.73 Å². The van der Waals surface area contributed by atoms with Crippen molar-refractivity contribution >= 4 is 31.5 Å². The number of nitrogens with two attached hydrogens (primary N) is 1. The number of halogens is 2. The maximum atomic E-state index is 13.1. The molecule has 0 bridgehead atoms. The Morgan fingerprint density at radius 2 is 1.89 bits per heavy atom. The van der Waals surface area contributed by atoms with Crippen molar-refractivity contribution in [2.45, 2.75) is 10.6 Å². The van der Waals surface area contributed by atoms with Crippen molar-refractivity contribution in [3.05, 3.63) is 58.3 Å². The van der Waals surface area contributed by atoms with E-state index in [0.717, 1.165) is 0 Å². The van der Waals surface area contributed by atoms with Crippen molar-refractivity contribution in [2.24, 2.45) is 0 Å². The Balaban J connectivity index is 2.40. The third-order valence-corrected chi connectivity index (χ3v) is 4.79. The molecule has 0 radical (unpaired) electrons. The summed E-state index contributed by atoms with van der Waals surface area (Å²) in [5, 5.41) is 0. The maximum Gasteiger partial charge on any atom is 0.184 e. The first-order valence-corrected chi connectivity index (χ1v) is 7.85. The molecule has 2 N–H and O–H groups in total. The largest absolute Gasteiger partial charge is 0.398 e. The van der Waals surface area contributed by atoms with E-state index < -0.39 is 15.7 Å². The molecule has 0 saturated carbocycles. The van der Waals surface area contributed by atoms with E-state index in [-0.39, 0.29) is 16.3 Å². The summed E-state index contributed by atoms with van der Waals surface area (Å²) < 4.78 is 38.2. The first kappa shape index (κ1) is 14.0. The summed E-state index contributed by atoms with van der Waals surface area (Å²) in [6.07, 6.45) is 0. The average molecular weight is 344 g/mol. The van der Waals surface area contributed by atoms with Gasteiger partial charge in [0, 0.05) is 4.47 Å². The van der Waals surface area contributed by atoms with Gasteiger partial charge in [0.05, 0.1) is 16.3 Å². The van der Waals surface area contributed by atoms with E-state index in [9.17, 15) is 12.8 Å². The number of anilines is 1. The monoisotopic (exact) mass is 343 g/mol. The molecule has 0 fully saturated rings. The molecule has 0 aliphatic rings. The van der Waals surface area contributed by atoms with E-state index in [4.69, 9.17) is 5.73 Å². The van der Waals surface area contributed by atoms with Gasteiger partial charge in [-0.3, -0.25) is 0 Å². The predicted octanol–water partition coefficient (Wildman–Crippen LogP) is 3.14. The average Bonchev–Trinajstić information content (AvgIpc) is 2.31. The van der Waals surface area contributed by atoms with Gasteiger partial charge in [-0.2, -0.15) is 0 Å². The fourth-order valence-electron chi connectivity index (χ4n) is 1.70. The molecule has 0 heterocycles. The lowest BCUT2D eigenvalue weighted by molar-refractivity contribution is 0.595. The van der Waals surface area contributed by atoms with Crippen molar-refractivity contribution in [1.82, 2.24) is 0 Å². The van der Waals surface area contributed by atoms with Gasteiger partial charge < -0.3 is 5.73 Å². The van der Waals surface area contributed by atoms with Gasteiger partial charge in [-0.05, 0) is 35.9 Å². The second-order valence-corrected chi connectivity index (χ2v) is 6.94. The minimum absolute atomic E-state index is 0.0473. The molecule has 0 amide bonds. The van der Waals surface area contributed by atoms with Gasteiger partial charge in [0.1, 0.15) is 5.82 Å². The smallest absolute Gasteiger partial charge is 0.184 e. The van der Waals surface area contributed by atoms with Crippen LogP contribution in [-0.4, -0.2) is 8.42 Å². The molecule has 0 saturated heterocycles. The molecule has 3 nitrogen and oxygen atoms in total. The van der Waals surface area contributed by atoms with E-state index >= 15 is 0 Å². The van der Waals surface area contributed by atoms with E-state index in [1.54, 1.807) is 12.1 Å². The fraction of sp³-hybridized carbons (Fsp3) is 0.0769. The number of hydrogen-bond acceptors (Lipinski definition) is 3. The lowest BCUT2D eigenvalue weighted by atomic mass is 10.2. The van der Waals surface area contributed by atoms with Crippen LogP contribution in [0.5, 0.6) is 0 Å². The number of benzene rings is 2. The standard InChI is InChI=1S/C13H11BrFNO2S/c14-10-4-5-12(16)13(7-10)19(17,18)8-9-2-1-3-11(15)6-9/h1-7H,8,16H2. The topological polar surface area (TPSA) is 60.2 Å². The zero-order valence-corrected chi connectivity index (χ0v) is 12.2. The highest BCUT2D eigenvalue weighted by Gasteiger charge is 2.19. The lowest BCUT2D eigenvalue weighted by Crippen LogP contribution is -2.08. The molecule has 0 aliphatic carbocycles. The van der Waals surface area contributed by atoms with Gasteiger partial charge in [0.25, 0.3) is 0 Å². The summed E-state index contributed by atoms with van der Waals surface area (Å²) in [5.41, 5.74) is 6.25. The molecular weight excluding hydrogens is 333 g/mol. The van der Waals surface area contributed by atoms with Gasteiger partial charge >= 0.3 is 0 Å². The first-order valence-electron chi connectivity index (χ1n) is 5.41. The van der Waals surface area contributed by atoms with Crippen LogP contribution in [0.1, 0.15) is 5.56 Å². The van der Waals surface area contributed by atoms with Crippen molar-refractivity contribution in [1.29, 1.82) is 0 Å². The van der Waals surface area contributed by atoms with Crippen LogP contribution in [0.2, 0.25) is 0 Å². The molecule has 0 unspecified atom stereocenters. The Morgan fingerprint density at radius 1 is 1.16 bits per heavy atom. The minimum atomic E-state index is -3.60. The van der Waals surface area contributed by atoms with Crippen molar-refractivity contribution < 1.29 is 12.8 Å². The lowest BCUT2D eigenvalue weighted by Gasteiger charge is -2.08. The molecule has 2 aromatic rings. The Kier molecular flexibility index (Phi) is 3.91. The van der Waals surface area contributed by atoms with E-state index in [0.29, 0.717) is 10.0 Å². The zero-order valence-electron chi connectivity index (χ0n) is 9.81. The third kappa shape index (κ3) is 3.33. The summed E-state index contributed by atoms with van der Waals surface area (Å²) in [5.74, 6) is -0.749. The van der Waals surface area contributed by atoms with Crippen LogP contribution in [0.4, 0.5) is 10.1 Å². The summed E-state index contributed by atoms with van der Waals surface area (Å²) in [7, 11) is -3.60. The van der Waals surface area contributed by atoms with Crippen molar-refractivity contribution in [3.8, 4) is 0 Å². The maximum absolute atomic E-state index is 13.1. The van der Waals surface area contributed by atoms with Crippen LogP contribution in [0, 0.1) is 5.82 Å². The Bertz CT molecular complexity index is 716. The zero-order chi connectivity index (χ0) is 14.0. The Hall–Kier alpha value is -1.40. The predicted molar refractivity (Wildman–Crippen MR) is 75.8 cm³/mol. The van der Waals surface area contributed by atoms with Crippen LogP contribution in [0.15, 0.2) is 51.8 Å². The SMILES string of the molecule is Nc1ccc(Br)cc1S(=O)(=O)Cc1cccc(F)c1. The summed E-state index contributed by atoms with van der Waals surface area (Å²) in [4.78, 5) is 0.0473. The quantitative estimate of drug-likeness (QED) is 0.871. The summed E-state index contributed by atoms with van der Waals surface area (Å²) in [6.45, 7) is 0. The molecule has 100 valence electrons. The van der Waals surface area contributed by atoms with Gasteiger partial charge in [-0.15, -0.1) is 0 Å². The van der Waals surface area contributed by atoms with Crippen LogP contribution in [0.3, 0.4) is 0 Å². The highest BCUT2D eigenvalue weighted by atomic mass is 79.9. The molecule has 0 aliphatic heterocycles. The van der Waals surface area contributed by atoms with Crippen molar-refractivity contribution in [3.63, 3.8) is 0 Å². The van der Waals surface area contributed by atoms with Gasteiger partial charge in [0.2, 0.25) is 0 Å². The molecule has 6 heteroatoms. The highest BCUT2D eigenvalue weighted by Crippen LogP contribution is 2.26. The Labute approximate surface area is 119 Å². The molecule has 2 aromatic carbocycles. The third-order valence-electron chi connectivity index (χ3n) is 2.56. The second-order valence-electron chi connectivity index (χ2n) is 4.07. The van der Waals surface area contributed by atoms with Crippen molar-refractivity contribution in [2.75, 3.05) is 5.73 Å². The number of hydrogen-bond donors (Lipinski definition) is 1. The van der Waals surface area contributed by atoms with E-state index in [1.807, 2.05) is 0 Å². The molecule has 19 heavy (non-hydrogen) atoms. The molecule has 0 atom stereocenters. The van der Waals surface area contributed by atoms with Gasteiger partial charge in [-0.1, -0.05) is 28.1 Å². The molecule has 0 spiro atoms. The number of nitrogen functional groups attached to an aromatic ring is 1. The fourth-order valence-corrected chi connectivity index (χ4v) is 3.72. The Morgan fingerprint density at radius 3 is 2.58 bits per heavy atom. The number of rotatable bonds is 3. The number of sulfone groups is 1. The van der Waals surface area contributed by atoms with Gasteiger partial charge in [0.15, 0.2) is 9.84 Å². The highest BCUT2D eigenvalue weighted by molar-refractivity contribution is 9.10. The first-order chi connectivity index (χ1) is 8.88. The molecule has 2 rings (SSSR count). The molecule has 0 aromatic heterocycles. The minimum Gasteiger partial charge on any atom is -0.398 e. The normalized spacial score (nSPS) is 11.5. The second kappa shape index (κ2) is 5.30. The molecular formula is C13H11BrFNO2S. The van der Waals surface area contributed by atoms with Gasteiger partial charge in [-0.25, -0.2) is 12.8 Å². The summed E-state index contributed by atoms with van der Waals surface area (Å²) >= 11 is 3.21. The van der Waals surface area contributed by atoms with E-state index in [1.165, 1.54) is 30.3 Å². The van der Waals surface area contributed by atoms with E-state index in [2.05, 4.69) is 15.9 Å².